The molecule has 30 heavy (non-hydrogen) atoms. The first kappa shape index (κ1) is 19.8. The minimum absolute atomic E-state index is 0.0783. The van der Waals surface area contributed by atoms with E-state index in [0.717, 1.165) is 37.7 Å². The maximum absolute atomic E-state index is 11.9. The van der Waals surface area contributed by atoms with Crippen LogP contribution < -0.4 is 0 Å². The summed E-state index contributed by atoms with van der Waals surface area (Å²) in [6.07, 6.45) is 9.02. The molecule has 0 aromatic heterocycles. The van der Waals surface area contributed by atoms with Gasteiger partial charge in [-0.25, -0.2) is 0 Å². The van der Waals surface area contributed by atoms with Crippen LogP contribution >= 0.6 is 0 Å². The second-order valence-electron chi connectivity index (χ2n) is 9.82. The molecule has 6 unspecified atom stereocenters. The third-order valence-corrected chi connectivity index (χ3v) is 8.53. The third-order valence-electron chi connectivity index (χ3n) is 8.53. The van der Waals surface area contributed by atoms with Gasteiger partial charge in [0.25, 0.3) is 0 Å². The third kappa shape index (κ3) is 2.94. The van der Waals surface area contributed by atoms with Gasteiger partial charge in [0.05, 0.1) is 11.7 Å². The largest absolute Gasteiger partial charge is 0.508 e. The number of phenols is 1. The number of methoxy groups -OCH3 is 1. The normalized spacial score (nSPS) is 37.6. The van der Waals surface area contributed by atoms with Gasteiger partial charge in [-0.1, -0.05) is 55.5 Å². The molecule has 0 aliphatic heterocycles. The first-order chi connectivity index (χ1) is 14.4. The zero-order valence-corrected chi connectivity index (χ0v) is 17.9. The molecule has 0 spiro atoms. The fourth-order valence-corrected chi connectivity index (χ4v) is 6.96. The minimum atomic E-state index is -0.815. The second-order valence-corrected chi connectivity index (χ2v) is 9.82. The SMILES string of the molecule is COC1CC2(C)C(CCC2(O)/C=C/c2ccccc2)C2CCc3cc(O)ccc3C12. The highest BCUT2D eigenvalue weighted by Gasteiger charge is 2.63. The van der Waals surface area contributed by atoms with Gasteiger partial charge in [0.1, 0.15) is 5.75 Å². The van der Waals surface area contributed by atoms with E-state index in [1.165, 1.54) is 11.1 Å². The standard InChI is InChI=1S/C27H32O3/c1-26-17-24(30-2)25-21-11-9-20(28)16-19(21)8-10-22(25)23(26)13-15-27(26,29)14-12-18-6-4-3-5-7-18/h3-7,9,11-12,14,16,22-25,28-29H,8,10,13,15,17H2,1-2H3/b14-12+. The summed E-state index contributed by atoms with van der Waals surface area (Å²) in [6, 6.07) is 16.1. The topological polar surface area (TPSA) is 49.7 Å². The number of phenolic OH excluding ortho intramolecular Hbond substituents is 1. The van der Waals surface area contributed by atoms with E-state index in [9.17, 15) is 10.2 Å². The first-order valence-corrected chi connectivity index (χ1v) is 11.3. The highest BCUT2D eigenvalue weighted by molar-refractivity contribution is 5.51. The van der Waals surface area contributed by atoms with Gasteiger partial charge >= 0.3 is 0 Å². The van der Waals surface area contributed by atoms with Crippen molar-refractivity contribution in [2.75, 3.05) is 7.11 Å². The van der Waals surface area contributed by atoms with Gasteiger partial charge in [-0.2, -0.15) is 0 Å². The summed E-state index contributed by atoms with van der Waals surface area (Å²) in [5, 5.41) is 21.8. The van der Waals surface area contributed by atoms with Crippen LogP contribution in [0.3, 0.4) is 0 Å². The molecule has 0 bridgehead atoms. The molecule has 2 fully saturated rings. The van der Waals surface area contributed by atoms with E-state index in [-0.39, 0.29) is 11.5 Å². The Kier molecular flexibility index (Phi) is 4.79. The quantitative estimate of drug-likeness (QED) is 0.728. The van der Waals surface area contributed by atoms with E-state index in [2.05, 4.69) is 37.3 Å². The number of hydrogen-bond donors (Lipinski definition) is 2. The van der Waals surface area contributed by atoms with Gasteiger partial charge in [-0.15, -0.1) is 0 Å². The van der Waals surface area contributed by atoms with Gasteiger partial charge < -0.3 is 14.9 Å². The monoisotopic (exact) mass is 404 g/mol. The number of hydrogen-bond acceptors (Lipinski definition) is 3. The van der Waals surface area contributed by atoms with Gasteiger partial charge in [0.15, 0.2) is 0 Å². The number of aryl methyl sites for hydroxylation is 1. The van der Waals surface area contributed by atoms with E-state index >= 15 is 0 Å². The molecule has 0 heterocycles. The summed E-state index contributed by atoms with van der Waals surface area (Å²) in [7, 11) is 1.81. The van der Waals surface area contributed by atoms with E-state index in [0.29, 0.717) is 23.5 Å². The van der Waals surface area contributed by atoms with Crippen molar-refractivity contribution in [3.63, 3.8) is 0 Å². The summed E-state index contributed by atoms with van der Waals surface area (Å²) < 4.78 is 6.08. The lowest BCUT2D eigenvalue weighted by Gasteiger charge is -2.55. The maximum Gasteiger partial charge on any atom is 0.115 e. The molecular formula is C27H32O3. The molecule has 2 aromatic carbocycles. The van der Waals surface area contributed by atoms with Crippen molar-refractivity contribution >= 4 is 6.08 Å². The Balaban J connectivity index is 1.50. The molecule has 0 saturated heterocycles. The van der Waals surface area contributed by atoms with Crippen molar-refractivity contribution in [3.8, 4) is 5.75 Å². The predicted molar refractivity (Wildman–Crippen MR) is 119 cm³/mol. The number of aliphatic hydroxyl groups is 1. The fourth-order valence-electron chi connectivity index (χ4n) is 6.96. The number of benzene rings is 2. The van der Waals surface area contributed by atoms with Crippen LogP contribution in [-0.2, 0) is 11.2 Å². The summed E-state index contributed by atoms with van der Waals surface area (Å²) in [5.74, 6) is 1.67. The Labute approximate surface area is 179 Å². The number of fused-ring (bicyclic) bond motifs is 5. The summed E-state index contributed by atoms with van der Waals surface area (Å²) in [4.78, 5) is 0. The van der Waals surface area contributed by atoms with Crippen LogP contribution in [0.2, 0.25) is 0 Å². The maximum atomic E-state index is 11.9. The lowest BCUT2D eigenvalue weighted by Crippen LogP contribution is -2.54. The van der Waals surface area contributed by atoms with Crippen LogP contribution in [-0.4, -0.2) is 29.0 Å². The summed E-state index contributed by atoms with van der Waals surface area (Å²) in [6.45, 7) is 2.29. The Morgan fingerprint density at radius 3 is 2.67 bits per heavy atom. The first-order valence-electron chi connectivity index (χ1n) is 11.3. The van der Waals surface area contributed by atoms with Crippen molar-refractivity contribution in [1.82, 2.24) is 0 Å². The molecule has 3 aliphatic rings. The highest BCUT2D eigenvalue weighted by atomic mass is 16.5. The zero-order chi connectivity index (χ0) is 20.9. The van der Waals surface area contributed by atoms with Gasteiger partial charge in [-0.05, 0) is 72.8 Å². The molecular weight excluding hydrogens is 372 g/mol. The van der Waals surface area contributed by atoms with Crippen LogP contribution in [0.4, 0.5) is 0 Å². The molecule has 3 aliphatic carbocycles. The van der Waals surface area contributed by atoms with Crippen molar-refractivity contribution in [1.29, 1.82) is 0 Å². The predicted octanol–water partition coefficient (Wildman–Crippen LogP) is 5.32. The smallest absolute Gasteiger partial charge is 0.115 e. The van der Waals surface area contributed by atoms with Crippen molar-refractivity contribution in [2.24, 2.45) is 17.3 Å². The van der Waals surface area contributed by atoms with Crippen LogP contribution in [0.5, 0.6) is 5.75 Å². The van der Waals surface area contributed by atoms with E-state index in [4.69, 9.17) is 4.74 Å². The molecule has 2 aromatic rings. The molecule has 2 N–H and O–H groups in total. The van der Waals surface area contributed by atoms with Crippen molar-refractivity contribution < 1.29 is 14.9 Å². The lowest BCUT2D eigenvalue weighted by atomic mass is 9.52. The molecule has 0 radical (unpaired) electrons. The Hall–Kier alpha value is -2.10. The van der Waals surface area contributed by atoms with Gasteiger partial charge in [0, 0.05) is 18.4 Å². The second kappa shape index (κ2) is 7.25. The fraction of sp³-hybridized carbons (Fsp3) is 0.481. The van der Waals surface area contributed by atoms with E-state index in [1.807, 2.05) is 37.4 Å². The molecule has 5 rings (SSSR count). The van der Waals surface area contributed by atoms with Crippen molar-refractivity contribution in [3.05, 3.63) is 71.3 Å². The van der Waals surface area contributed by atoms with Crippen LogP contribution in [0, 0.1) is 17.3 Å². The number of aromatic hydroxyl groups is 1. The molecule has 2 saturated carbocycles. The number of rotatable bonds is 3. The average molecular weight is 405 g/mol. The minimum Gasteiger partial charge on any atom is -0.508 e. The molecule has 3 nitrogen and oxygen atoms in total. The number of ether oxygens (including phenoxy) is 1. The molecule has 158 valence electrons. The van der Waals surface area contributed by atoms with Crippen LogP contribution in [0.25, 0.3) is 6.08 Å². The van der Waals surface area contributed by atoms with Crippen LogP contribution in [0.1, 0.15) is 55.2 Å². The zero-order valence-electron chi connectivity index (χ0n) is 17.9. The van der Waals surface area contributed by atoms with E-state index < -0.39 is 5.60 Å². The molecule has 6 atom stereocenters. The lowest BCUT2D eigenvalue weighted by molar-refractivity contribution is -0.120. The molecule has 0 amide bonds. The summed E-state index contributed by atoms with van der Waals surface area (Å²) in [5.41, 5.74) is 2.72. The van der Waals surface area contributed by atoms with Crippen LogP contribution in [0.15, 0.2) is 54.6 Å². The van der Waals surface area contributed by atoms with Crippen molar-refractivity contribution in [2.45, 2.75) is 56.7 Å². The Morgan fingerprint density at radius 1 is 1.10 bits per heavy atom. The Bertz CT molecular complexity index is 952. The highest BCUT2D eigenvalue weighted by Crippen LogP contribution is 2.65. The summed E-state index contributed by atoms with van der Waals surface area (Å²) >= 11 is 0. The van der Waals surface area contributed by atoms with Gasteiger partial charge in [0.2, 0.25) is 0 Å². The van der Waals surface area contributed by atoms with Gasteiger partial charge in [-0.3, -0.25) is 0 Å². The average Bonchev–Trinajstić information content (AvgIpc) is 3.03. The Morgan fingerprint density at radius 2 is 1.90 bits per heavy atom. The molecule has 3 heteroatoms. The van der Waals surface area contributed by atoms with E-state index in [1.54, 1.807) is 0 Å².